The number of ether oxygens (including phenoxy) is 2. The number of hydrogen-bond acceptors (Lipinski definition) is 5. The van der Waals surface area contributed by atoms with Crippen LogP contribution in [0.2, 0.25) is 0 Å². The van der Waals surface area contributed by atoms with E-state index in [0.717, 1.165) is 18.8 Å². The van der Waals surface area contributed by atoms with Gasteiger partial charge in [0.15, 0.2) is 0 Å². The third-order valence-electron chi connectivity index (χ3n) is 4.11. The predicted molar refractivity (Wildman–Crippen MR) is 93.2 cm³/mol. The summed E-state index contributed by atoms with van der Waals surface area (Å²) in [5.74, 6) is 0.931. The van der Waals surface area contributed by atoms with Gasteiger partial charge in [-0.1, -0.05) is 0 Å². The van der Waals surface area contributed by atoms with E-state index >= 15 is 0 Å². The fraction of sp³-hybridized carbons (Fsp3) is 0.333. The molecule has 0 aliphatic carbocycles. The molecule has 0 spiro atoms. The number of carbonyl (C=O) groups excluding carboxylic acids is 1. The molecule has 0 saturated carbocycles. The minimum atomic E-state index is -0.272. The molecule has 2 aromatic rings. The summed E-state index contributed by atoms with van der Waals surface area (Å²) in [4.78, 5) is 19.0. The van der Waals surface area contributed by atoms with Gasteiger partial charge in [0.2, 0.25) is 0 Å². The minimum absolute atomic E-state index is 0.272. The molecule has 1 N–H and O–H groups in total. The second-order valence-electron chi connectivity index (χ2n) is 5.62. The van der Waals surface area contributed by atoms with E-state index in [4.69, 9.17) is 9.47 Å². The quantitative estimate of drug-likeness (QED) is 0.915. The van der Waals surface area contributed by atoms with Gasteiger partial charge in [-0.2, -0.15) is 0 Å². The first kappa shape index (κ1) is 16.1. The van der Waals surface area contributed by atoms with Crippen LogP contribution in [-0.2, 0) is 0 Å². The molecule has 1 aromatic carbocycles. The Labute approximate surface area is 141 Å². The van der Waals surface area contributed by atoms with Crippen molar-refractivity contribution >= 4 is 17.3 Å². The lowest BCUT2D eigenvalue weighted by Gasteiger charge is -2.17. The summed E-state index contributed by atoms with van der Waals surface area (Å²) < 4.78 is 10.4. The standard InChI is InChI=1S/C18H21N3O3/c1-23-14-6-8-15(17(11-14)24-2)20-18(22)16-7-5-13(12-19-16)21-9-3-4-10-21/h5-8,11-12H,3-4,9-10H2,1-2H3,(H,20,22). The summed E-state index contributed by atoms with van der Waals surface area (Å²) in [7, 11) is 3.13. The van der Waals surface area contributed by atoms with Gasteiger partial charge < -0.3 is 19.7 Å². The number of rotatable bonds is 5. The Morgan fingerprint density at radius 2 is 1.92 bits per heavy atom. The van der Waals surface area contributed by atoms with E-state index in [1.165, 1.54) is 12.8 Å². The molecule has 6 nitrogen and oxygen atoms in total. The van der Waals surface area contributed by atoms with Crippen molar-refractivity contribution in [1.82, 2.24) is 4.98 Å². The third-order valence-corrected chi connectivity index (χ3v) is 4.11. The Hall–Kier alpha value is -2.76. The fourth-order valence-electron chi connectivity index (χ4n) is 2.77. The third kappa shape index (κ3) is 3.42. The molecule has 1 fully saturated rings. The summed E-state index contributed by atoms with van der Waals surface area (Å²) in [5.41, 5.74) is 2.01. The van der Waals surface area contributed by atoms with Crippen molar-refractivity contribution in [3.05, 3.63) is 42.2 Å². The van der Waals surface area contributed by atoms with Gasteiger partial charge in [0.1, 0.15) is 17.2 Å². The minimum Gasteiger partial charge on any atom is -0.497 e. The summed E-state index contributed by atoms with van der Waals surface area (Å²) >= 11 is 0. The van der Waals surface area contributed by atoms with Crippen LogP contribution in [0.1, 0.15) is 23.3 Å². The Balaban J connectivity index is 1.72. The number of aromatic nitrogens is 1. The van der Waals surface area contributed by atoms with Crippen molar-refractivity contribution in [2.24, 2.45) is 0 Å². The van der Waals surface area contributed by atoms with Gasteiger partial charge in [-0.25, -0.2) is 4.98 Å². The van der Waals surface area contributed by atoms with E-state index in [2.05, 4.69) is 15.2 Å². The maximum Gasteiger partial charge on any atom is 0.274 e. The van der Waals surface area contributed by atoms with Gasteiger partial charge in [-0.3, -0.25) is 4.79 Å². The molecule has 0 bridgehead atoms. The number of methoxy groups -OCH3 is 2. The van der Waals surface area contributed by atoms with E-state index in [1.54, 1.807) is 44.7 Å². The molecule has 3 rings (SSSR count). The Kier molecular flexibility index (Phi) is 4.84. The highest BCUT2D eigenvalue weighted by Gasteiger charge is 2.15. The van der Waals surface area contributed by atoms with Crippen LogP contribution in [0.4, 0.5) is 11.4 Å². The Morgan fingerprint density at radius 1 is 1.12 bits per heavy atom. The number of carbonyl (C=O) groups is 1. The smallest absolute Gasteiger partial charge is 0.274 e. The van der Waals surface area contributed by atoms with Gasteiger partial charge in [-0.15, -0.1) is 0 Å². The van der Waals surface area contributed by atoms with Crippen LogP contribution in [0.25, 0.3) is 0 Å². The maximum absolute atomic E-state index is 12.4. The van der Waals surface area contributed by atoms with E-state index in [-0.39, 0.29) is 5.91 Å². The molecule has 1 aliphatic heterocycles. The SMILES string of the molecule is COc1ccc(NC(=O)c2ccc(N3CCCC3)cn2)c(OC)c1. The van der Waals surface area contributed by atoms with Crippen LogP contribution < -0.4 is 19.7 Å². The molecule has 24 heavy (non-hydrogen) atoms. The molecular weight excluding hydrogens is 306 g/mol. The Morgan fingerprint density at radius 3 is 2.54 bits per heavy atom. The summed E-state index contributed by atoms with van der Waals surface area (Å²) in [6, 6.07) is 8.92. The predicted octanol–water partition coefficient (Wildman–Crippen LogP) is 2.95. The first-order chi connectivity index (χ1) is 11.7. The second-order valence-corrected chi connectivity index (χ2v) is 5.62. The zero-order valence-electron chi connectivity index (χ0n) is 13.9. The molecule has 0 atom stereocenters. The molecule has 126 valence electrons. The molecule has 1 aromatic heterocycles. The number of nitrogens with one attached hydrogen (secondary N) is 1. The van der Waals surface area contributed by atoms with Crippen molar-refractivity contribution in [3.8, 4) is 11.5 Å². The number of benzene rings is 1. The summed E-state index contributed by atoms with van der Waals surface area (Å²) in [6.45, 7) is 2.10. The van der Waals surface area contributed by atoms with Crippen LogP contribution >= 0.6 is 0 Å². The van der Waals surface area contributed by atoms with Crippen molar-refractivity contribution in [2.45, 2.75) is 12.8 Å². The van der Waals surface area contributed by atoms with Crippen molar-refractivity contribution in [3.63, 3.8) is 0 Å². The zero-order chi connectivity index (χ0) is 16.9. The van der Waals surface area contributed by atoms with Gasteiger partial charge in [0, 0.05) is 19.2 Å². The topological polar surface area (TPSA) is 63.7 Å². The first-order valence-corrected chi connectivity index (χ1v) is 7.95. The second kappa shape index (κ2) is 7.21. The van der Waals surface area contributed by atoms with E-state index in [1.807, 2.05) is 6.07 Å². The molecular formula is C18H21N3O3. The van der Waals surface area contributed by atoms with E-state index in [9.17, 15) is 4.79 Å². The monoisotopic (exact) mass is 327 g/mol. The normalized spacial score (nSPS) is 13.7. The molecule has 1 aliphatic rings. The highest BCUT2D eigenvalue weighted by molar-refractivity contribution is 6.03. The lowest BCUT2D eigenvalue weighted by molar-refractivity contribution is 0.102. The average molecular weight is 327 g/mol. The van der Waals surface area contributed by atoms with Gasteiger partial charge in [-0.05, 0) is 37.1 Å². The highest BCUT2D eigenvalue weighted by atomic mass is 16.5. The largest absolute Gasteiger partial charge is 0.497 e. The van der Waals surface area contributed by atoms with Crippen LogP contribution in [0, 0.1) is 0 Å². The molecule has 1 amide bonds. The zero-order valence-corrected chi connectivity index (χ0v) is 13.9. The fourth-order valence-corrected chi connectivity index (χ4v) is 2.77. The molecule has 0 radical (unpaired) electrons. The maximum atomic E-state index is 12.4. The molecule has 6 heteroatoms. The van der Waals surface area contributed by atoms with Crippen molar-refractivity contribution in [2.75, 3.05) is 37.5 Å². The lowest BCUT2D eigenvalue weighted by atomic mass is 10.2. The van der Waals surface area contributed by atoms with Gasteiger partial charge in [0.05, 0.1) is 31.8 Å². The van der Waals surface area contributed by atoms with Crippen molar-refractivity contribution in [1.29, 1.82) is 0 Å². The first-order valence-electron chi connectivity index (χ1n) is 7.95. The van der Waals surface area contributed by atoms with Gasteiger partial charge >= 0.3 is 0 Å². The highest BCUT2D eigenvalue weighted by Crippen LogP contribution is 2.29. The number of pyridine rings is 1. The number of amides is 1. The van der Waals surface area contributed by atoms with E-state index in [0.29, 0.717) is 22.9 Å². The average Bonchev–Trinajstić information content (AvgIpc) is 3.16. The van der Waals surface area contributed by atoms with Crippen molar-refractivity contribution < 1.29 is 14.3 Å². The molecule has 0 unspecified atom stereocenters. The molecule has 1 saturated heterocycles. The van der Waals surface area contributed by atoms with Gasteiger partial charge in [0.25, 0.3) is 5.91 Å². The van der Waals surface area contributed by atoms with Crippen LogP contribution in [0.5, 0.6) is 11.5 Å². The number of anilines is 2. The van der Waals surface area contributed by atoms with Crippen LogP contribution in [0.15, 0.2) is 36.5 Å². The summed E-state index contributed by atoms with van der Waals surface area (Å²) in [6.07, 6.45) is 4.17. The molecule has 2 heterocycles. The lowest BCUT2D eigenvalue weighted by Crippen LogP contribution is -2.19. The van der Waals surface area contributed by atoms with Crippen LogP contribution in [0.3, 0.4) is 0 Å². The number of hydrogen-bond donors (Lipinski definition) is 1. The van der Waals surface area contributed by atoms with Crippen LogP contribution in [-0.4, -0.2) is 38.2 Å². The number of nitrogens with zero attached hydrogens (tertiary/aromatic N) is 2. The van der Waals surface area contributed by atoms with E-state index < -0.39 is 0 Å². The summed E-state index contributed by atoms with van der Waals surface area (Å²) in [5, 5.41) is 2.82. The Bertz CT molecular complexity index is 710.